The average Bonchev–Trinajstić information content (AvgIpc) is 2.62. The largest absolute Gasteiger partial charge is 0.487 e. The predicted octanol–water partition coefficient (Wildman–Crippen LogP) is 4.57. The second kappa shape index (κ2) is 8.26. The van der Waals surface area contributed by atoms with E-state index in [1.165, 1.54) is 0 Å². The number of carbonyl (C=O) groups excluding carboxylic acids is 2. The topological polar surface area (TPSA) is 58.6 Å². The summed E-state index contributed by atoms with van der Waals surface area (Å²) in [6.45, 7) is 4.17. The third-order valence-electron chi connectivity index (χ3n) is 4.31. The number of anilines is 2. The van der Waals surface area contributed by atoms with Gasteiger partial charge in [0.15, 0.2) is 5.82 Å². The van der Waals surface area contributed by atoms with Crippen molar-refractivity contribution in [2.75, 3.05) is 16.8 Å². The van der Waals surface area contributed by atoms with Crippen LogP contribution in [-0.2, 0) is 9.59 Å². The Morgan fingerprint density at radius 2 is 2.00 bits per heavy atom. The van der Waals surface area contributed by atoms with Crippen LogP contribution in [0.1, 0.15) is 25.3 Å². The zero-order valence-electron chi connectivity index (χ0n) is 15.4. The lowest BCUT2D eigenvalue weighted by Crippen LogP contribution is -2.42. The summed E-state index contributed by atoms with van der Waals surface area (Å²) < 4.78 is 32.8. The Labute approximate surface area is 169 Å². The van der Waals surface area contributed by atoms with Gasteiger partial charge in [0.2, 0.25) is 11.8 Å². The molecule has 3 rings (SSSR count). The third kappa shape index (κ3) is 4.49. The van der Waals surface area contributed by atoms with Gasteiger partial charge in [-0.3, -0.25) is 9.59 Å². The van der Waals surface area contributed by atoms with Gasteiger partial charge in [0.1, 0.15) is 17.7 Å². The van der Waals surface area contributed by atoms with Crippen molar-refractivity contribution in [1.82, 2.24) is 0 Å². The number of ether oxygens (including phenoxy) is 1. The number of halogens is 3. The van der Waals surface area contributed by atoms with Crippen molar-refractivity contribution < 1.29 is 23.1 Å². The lowest BCUT2D eigenvalue weighted by atomic mass is 10.1. The summed E-state index contributed by atoms with van der Waals surface area (Å²) >= 11 is 3.02. The van der Waals surface area contributed by atoms with Crippen molar-refractivity contribution in [2.45, 2.75) is 32.8 Å². The van der Waals surface area contributed by atoms with E-state index >= 15 is 0 Å². The van der Waals surface area contributed by atoms with Gasteiger partial charge in [-0.2, -0.15) is 0 Å². The fourth-order valence-corrected chi connectivity index (χ4v) is 3.51. The molecule has 1 N–H and O–H groups in total. The minimum atomic E-state index is -0.891. The van der Waals surface area contributed by atoms with Crippen LogP contribution in [0.15, 0.2) is 34.8 Å². The maximum Gasteiger partial charge on any atom is 0.227 e. The Hall–Kier alpha value is -2.48. The highest BCUT2D eigenvalue weighted by Crippen LogP contribution is 2.34. The molecule has 28 heavy (non-hydrogen) atoms. The van der Waals surface area contributed by atoms with Crippen LogP contribution in [-0.4, -0.2) is 24.5 Å². The van der Waals surface area contributed by atoms with Gasteiger partial charge < -0.3 is 15.0 Å². The van der Waals surface area contributed by atoms with Crippen LogP contribution in [0.5, 0.6) is 5.75 Å². The lowest BCUT2D eigenvalue weighted by molar-refractivity contribution is -0.122. The minimum absolute atomic E-state index is 0.0492. The zero-order valence-corrected chi connectivity index (χ0v) is 17.0. The maximum atomic E-state index is 13.8. The highest BCUT2D eigenvalue weighted by molar-refractivity contribution is 9.10. The molecule has 2 aromatic carbocycles. The van der Waals surface area contributed by atoms with Crippen molar-refractivity contribution >= 4 is 39.1 Å². The van der Waals surface area contributed by atoms with Gasteiger partial charge in [-0.15, -0.1) is 0 Å². The number of carbonyl (C=O) groups is 2. The molecular formula is C20H19BrF2N2O3. The van der Waals surface area contributed by atoms with E-state index in [-0.39, 0.29) is 35.0 Å². The van der Waals surface area contributed by atoms with E-state index in [9.17, 15) is 18.4 Å². The van der Waals surface area contributed by atoms with Gasteiger partial charge in [0.25, 0.3) is 0 Å². The number of nitrogens with one attached hydrogen (secondary N) is 1. The van der Waals surface area contributed by atoms with Crippen molar-refractivity contribution in [3.63, 3.8) is 0 Å². The van der Waals surface area contributed by atoms with Crippen LogP contribution >= 0.6 is 15.9 Å². The van der Waals surface area contributed by atoms with Crippen molar-refractivity contribution in [3.8, 4) is 5.75 Å². The summed E-state index contributed by atoms with van der Waals surface area (Å²) in [7, 11) is 0. The molecule has 0 bridgehead atoms. The first-order valence-electron chi connectivity index (χ1n) is 8.76. The molecular weight excluding hydrogens is 434 g/mol. The number of aryl methyl sites for hydroxylation is 1. The van der Waals surface area contributed by atoms with Crippen LogP contribution in [0.2, 0.25) is 0 Å². The van der Waals surface area contributed by atoms with E-state index in [0.29, 0.717) is 24.0 Å². The third-order valence-corrected chi connectivity index (χ3v) is 4.94. The number of nitrogens with zero attached hydrogens (tertiary/aromatic N) is 1. The predicted molar refractivity (Wildman–Crippen MR) is 106 cm³/mol. The molecule has 0 aliphatic carbocycles. The van der Waals surface area contributed by atoms with Gasteiger partial charge in [-0.25, -0.2) is 8.78 Å². The maximum absolute atomic E-state index is 13.8. The highest BCUT2D eigenvalue weighted by Gasteiger charge is 2.28. The van der Waals surface area contributed by atoms with Crippen LogP contribution in [0.4, 0.5) is 20.2 Å². The Morgan fingerprint density at radius 3 is 2.71 bits per heavy atom. The molecule has 8 heteroatoms. The molecule has 1 heterocycles. The van der Waals surface area contributed by atoms with Gasteiger partial charge >= 0.3 is 0 Å². The average molecular weight is 453 g/mol. The molecule has 2 amide bonds. The number of amides is 2. The summed E-state index contributed by atoms with van der Waals surface area (Å²) in [5.41, 5.74) is 1.51. The molecule has 0 unspecified atom stereocenters. The molecule has 5 nitrogen and oxygen atoms in total. The normalized spacial score (nSPS) is 15.6. The number of fused-ring (bicyclic) bond motifs is 1. The molecule has 0 saturated heterocycles. The second-order valence-corrected chi connectivity index (χ2v) is 7.55. The van der Waals surface area contributed by atoms with Crippen LogP contribution in [0.3, 0.4) is 0 Å². The first kappa shape index (κ1) is 20.3. The number of rotatable bonds is 4. The zero-order chi connectivity index (χ0) is 20.4. The molecule has 1 atom stereocenters. The van der Waals surface area contributed by atoms with Gasteiger partial charge in [0, 0.05) is 23.4 Å². The van der Waals surface area contributed by atoms with Gasteiger partial charge in [-0.1, -0.05) is 6.07 Å². The Bertz CT molecular complexity index is 913. The molecule has 0 aromatic heterocycles. The van der Waals surface area contributed by atoms with Crippen LogP contribution < -0.4 is 15.0 Å². The number of hydrogen-bond acceptors (Lipinski definition) is 3. The van der Waals surface area contributed by atoms with E-state index in [2.05, 4.69) is 21.2 Å². The fraction of sp³-hybridized carbons (Fsp3) is 0.300. The van der Waals surface area contributed by atoms with Crippen molar-refractivity contribution in [1.29, 1.82) is 0 Å². The molecule has 0 saturated carbocycles. The van der Waals surface area contributed by atoms with Crippen molar-refractivity contribution in [3.05, 3.63) is 52.0 Å². The number of benzene rings is 2. The summed E-state index contributed by atoms with van der Waals surface area (Å²) in [5, 5.41) is 2.38. The Morgan fingerprint density at radius 1 is 1.25 bits per heavy atom. The molecule has 148 valence electrons. The van der Waals surface area contributed by atoms with Gasteiger partial charge in [-0.05, 0) is 53.5 Å². The molecule has 2 aromatic rings. The molecule has 1 aliphatic heterocycles. The SMILES string of the molecule is Cc1ccc2c(c1)N(C(=O)CCC(=O)Nc1c(F)cc(F)cc1Br)C[C@@H](C)O2. The van der Waals surface area contributed by atoms with E-state index in [0.717, 1.165) is 11.6 Å². The lowest BCUT2D eigenvalue weighted by Gasteiger charge is -2.33. The smallest absolute Gasteiger partial charge is 0.227 e. The van der Waals surface area contributed by atoms with Crippen molar-refractivity contribution in [2.24, 2.45) is 0 Å². The number of hydrogen-bond donors (Lipinski definition) is 1. The fourth-order valence-electron chi connectivity index (χ4n) is 3.00. The Balaban J connectivity index is 1.66. The van der Waals surface area contributed by atoms with Crippen LogP contribution in [0, 0.1) is 18.6 Å². The molecule has 1 aliphatic rings. The summed E-state index contributed by atoms with van der Waals surface area (Å²) in [5.74, 6) is -1.79. The summed E-state index contributed by atoms with van der Waals surface area (Å²) in [4.78, 5) is 26.5. The minimum Gasteiger partial charge on any atom is -0.487 e. The van der Waals surface area contributed by atoms with E-state index < -0.39 is 17.5 Å². The van der Waals surface area contributed by atoms with E-state index in [1.54, 1.807) is 4.90 Å². The first-order chi connectivity index (χ1) is 13.2. The second-order valence-electron chi connectivity index (χ2n) is 6.70. The van der Waals surface area contributed by atoms with E-state index in [1.807, 2.05) is 32.0 Å². The molecule has 0 fully saturated rings. The molecule has 0 spiro atoms. The highest BCUT2D eigenvalue weighted by atomic mass is 79.9. The summed E-state index contributed by atoms with van der Waals surface area (Å²) in [6, 6.07) is 7.33. The first-order valence-corrected chi connectivity index (χ1v) is 9.56. The van der Waals surface area contributed by atoms with E-state index in [4.69, 9.17) is 4.74 Å². The van der Waals surface area contributed by atoms with Gasteiger partial charge in [0.05, 0.1) is 17.9 Å². The quantitative estimate of drug-likeness (QED) is 0.738. The standard InChI is InChI=1S/C20H19BrF2N2O3/c1-11-3-4-17-16(7-11)25(10-12(2)28-17)19(27)6-5-18(26)24-20-14(21)8-13(22)9-15(20)23/h3-4,7-9,12H,5-6,10H2,1-2H3,(H,24,26)/t12-/m1/s1. The van der Waals surface area contributed by atoms with Crippen LogP contribution in [0.25, 0.3) is 0 Å². The monoisotopic (exact) mass is 452 g/mol. The summed E-state index contributed by atoms with van der Waals surface area (Å²) in [6.07, 6.45) is -0.348. The molecule has 0 radical (unpaired) electrons. The Kier molecular flexibility index (Phi) is 5.98.